The van der Waals surface area contributed by atoms with Gasteiger partial charge < -0.3 is 10.4 Å². The molecule has 0 aromatic heterocycles. The maximum absolute atomic E-state index is 13.2. The van der Waals surface area contributed by atoms with E-state index in [-0.39, 0.29) is 30.3 Å². The van der Waals surface area contributed by atoms with Crippen molar-refractivity contribution in [2.45, 2.75) is 38.8 Å². The lowest BCUT2D eigenvalue weighted by Gasteiger charge is -2.32. The number of amides is 1. The molecule has 1 heterocycles. The Morgan fingerprint density at radius 3 is 3.09 bits per heavy atom. The van der Waals surface area contributed by atoms with Crippen molar-refractivity contribution >= 4 is 5.91 Å². The number of likely N-dealkylation sites (tertiary alicyclic amines) is 1. The van der Waals surface area contributed by atoms with E-state index in [0.717, 1.165) is 24.9 Å². The van der Waals surface area contributed by atoms with Gasteiger partial charge in [0.05, 0.1) is 5.92 Å². The summed E-state index contributed by atoms with van der Waals surface area (Å²) in [6, 6.07) is 6.62. The zero-order valence-corrected chi connectivity index (χ0v) is 13.1. The molecule has 1 amide bonds. The summed E-state index contributed by atoms with van der Waals surface area (Å²) in [5.74, 6) is -0.185. The second kappa shape index (κ2) is 8.25. The Morgan fingerprint density at radius 2 is 2.36 bits per heavy atom. The first-order chi connectivity index (χ1) is 10.6. The number of benzene rings is 1. The van der Waals surface area contributed by atoms with Crippen LogP contribution in [0.3, 0.4) is 0 Å². The molecule has 2 N–H and O–H groups in total. The second-order valence-electron chi connectivity index (χ2n) is 6.13. The molecule has 1 aliphatic heterocycles. The van der Waals surface area contributed by atoms with Gasteiger partial charge in [-0.25, -0.2) is 4.39 Å². The number of aliphatic hydroxyl groups excluding tert-OH is 1. The van der Waals surface area contributed by atoms with Crippen molar-refractivity contribution in [3.05, 3.63) is 35.6 Å². The van der Waals surface area contributed by atoms with E-state index in [2.05, 4.69) is 10.2 Å². The number of aliphatic hydroxyl groups is 1. The van der Waals surface area contributed by atoms with Crippen LogP contribution in [-0.4, -0.2) is 41.7 Å². The third-order valence-electron chi connectivity index (χ3n) is 4.12. The van der Waals surface area contributed by atoms with Crippen LogP contribution in [-0.2, 0) is 11.3 Å². The van der Waals surface area contributed by atoms with Gasteiger partial charge in [0.2, 0.25) is 5.91 Å². The van der Waals surface area contributed by atoms with Crippen LogP contribution >= 0.6 is 0 Å². The van der Waals surface area contributed by atoms with Gasteiger partial charge in [-0.1, -0.05) is 12.1 Å². The van der Waals surface area contributed by atoms with Crippen LogP contribution in [0.2, 0.25) is 0 Å². The van der Waals surface area contributed by atoms with Gasteiger partial charge in [0, 0.05) is 25.7 Å². The molecule has 1 aliphatic rings. The van der Waals surface area contributed by atoms with Crippen molar-refractivity contribution in [2.75, 3.05) is 19.7 Å². The van der Waals surface area contributed by atoms with Gasteiger partial charge in [-0.2, -0.15) is 0 Å². The van der Waals surface area contributed by atoms with Crippen LogP contribution in [0.5, 0.6) is 0 Å². The molecule has 1 unspecified atom stereocenters. The van der Waals surface area contributed by atoms with Crippen LogP contribution in [0, 0.1) is 11.7 Å². The third kappa shape index (κ3) is 5.07. The molecule has 1 aromatic carbocycles. The smallest absolute Gasteiger partial charge is 0.224 e. The summed E-state index contributed by atoms with van der Waals surface area (Å²) >= 11 is 0. The molecule has 5 heteroatoms. The Balaban J connectivity index is 1.87. The molecule has 1 fully saturated rings. The molecule has 1 aromatic rings. The minimum atomic E-state index is -0.221. The first-order valence-corrected chi connectivity index (χ1v) is 7.96. The first-order valence-electron chi connectivity index (χ1n) is 7.96. The highest BCUT2D eigenvalue weighted by Gasteiger charge is 2.26. The summed E-state index contributed by atoms with van der Waals surface area (Å²) in [4.78, 5) is 14.5. The predicted octanol–water partition coefficient (Wildman–Crippen LogP) is 1.92. The number of hydrogen-bond acceptors (Lipinski definition) is 3. The van der Waals surface area contributed by atoms with Crippen molar-refractivity contribution < 1.29 is 14.3 Å². The second-order valence-corrected chi connectivity index (χ2v) is 6.13. The first kappa shape index (κ1) is 16.9. The zero-order chi connectivity index (χ0) is 15.9. The Kier molecular flexibility index (Phi) is 6.34. The van der Waals surface area contributed by atoms with E-state index in [9.17, 15) is 9.18 Å². The zero-order valence-electron chi connectivity index (χ0n) is 13.1. The molecular formula is C17H25FN2O2. The standard InChI is InChI=1S/C17H25FN2O2/c1-13(7-9-21)19-17(22)15-5-3-8-20(12-15)11-14-4-2-6-16(18)10-14/h2,4,6,10,13,15,21H,3,5,7-9,11-12H2,1H3,(H,19,22)/t13-,15?/m1/s1. The van der Waals surface area contributed by atoms with E-state index in [1.54, 1.807) is 12.1 Å². The lowest BCUT2D eigenvalue weighted by molar-refractivity contribution is -0.127. The van der Waals surface area contributed by atoms with Gasteiger partial charge in [-0.05, 0) is 50.4 Å². The quantitative estimate of drug-likeness (QED) is 0.844. The van der Waals surface area contributed by atoms with Crippen LogP contribution in [0.15, 0.2) is 24.3 Å². The van der Waals surface area contributed by atoms with Crippen molar-refractivity contribution in [3.8, 4) is 0 Å². The van der Waals surface area contributed by atoms with E-state index in [1.165, 1.54) is 6.07 Å². The summed E-state index contributed by atoms with van der Waals surface area (Å²) in [5.41, 5.74) is 0.940. The Labute approximate surface area is 131 Å². The molecule has 2 atom stereocenters. The number of carbonyl (C=O) groups is 1. The number of piperidine rings is 1. The van der Waals surface area contributed by atoms with E-state index in [1.807, 2.05) is 13.0 Å². The van der Waals surface area contributed by atoms with Gasteiger partial charge >= 0.3 is 0 Å². The van der Waals surface area contributed by atoms with Crippen molar-refractivity contribution in [1.29, 1.82) is 0 Å². The summed E-state index contributed by atoms with van der Waals surface area (Å²) in [6.07, 6.45) is 2.44. The number of nitrogens with one attached hydrogen (secondary N) is 1. The predicted molar refractivity (Wildman–Crippen MR) is 83.7 cm³/mol. The molecule has 0 radical (unpaired) electrons. The van der Waals surface area contributed by atoms with Crippen molar-refractivity contribution in [1.82, 2.24) is 10.2 Å². The monoisotopic (exact) mass is 308 g/mol. The fourth-order valence-corrected chi connectivity index (χ4v) is 2.93. The molecule has 122 valence electrons. The summed E-state index contributed by atoms with van der Waals surface area (Å²) < 4.78 is 13.2. The van der Waals surface area contributed by atoms with Crippen LogP contribution in [0.25, 0.3) is 0 Å². The number of rotatable bonds is 6. The number of carbonyl (C=O) groups excluding carboxylic acids is 1. The third-order valence-corrected chi connectivity index (χ3v) is 4.12. The van der Waals surface area contributed by atoms with Gasteiger partial charge in [0.15, 0.2) is 0 Å². The summed E-state index contributed by atoms with van der Waals surface area (Å²) in [7, 11) is 0. The number of halogens is 1. The Bertz CT molecular complexity index is 495. The minimum absolute atomic E-state index is 0.00362. The lowest BCUT2D eigenvalue weighted by atomic mass is 9.96. The molecule has 0 spiro atoms. The van der Waals surface area contributed by atoms with Crippen LogP contribution in [0.4, 0.5) is 4.39 Å². The largest absolute Gasteiger partial charge is 0.396 e. The van der Waals surface area contributed by atoms with E-state index < -0.39 is 0 Å². The van der Waals surface area contributed by atoms with Crippen molar-refractivity contribution in [3.63, 3.8) is 0 Å². The van der Waals surface area contributed by atoms with E-state index >= 15 is 0 Å². The van der Waals surface area contributed by atoms with Crippen molar-refractivity contribution in [2.24, 2.45) is 5.92 Å². The highest BCUT2D eigenvalue weighted by molar-refractivity contribution is 5.79. The number of nitrogens with zero attached hydrogens (tertiary/aromatic N) is 1. The van der Waals surface area contributed by atoms with Gasteiger partial charge in [-0.15, -0.1) is 0 Å². The van der Waals surface area contributed by atoms with Gasteiger partial charge in [0.1, 0.15) is 5.82 Å². The lowest BCUT2D eigenvalue weighted by Crippen LogP contribution is -2.45. The van der Waals surface area contributed by atoms with Gasteiger partial charge in [0.25, 0.3) is 0 Å². The molecule has 22 heavy (non-hydrogen) atoms. The minimum Gasteiger partial charge on any atom is -0.396 e. The molecule has 0 saturated carbocycles. The summed E-state index contributed by atoms with van der Waals surface area (Å²) in [5, 5.41) is 11.9. The molecule has 1 saturated heterocycles. The summed E-state index contributed by atoms with van der Waals surface area (Å²) in [6.45, 7) is 4.30. The number of hydrogen-bond donors (Lipinski definition) is 2. The molecule has 0 aliphatic carbocycles. The van der Waals surface area contributed by atoms with E-state index in [0.29, 0.717) is 19.5 Å². The average molecular weight is 308 g/mol. The van der Waals surface area contributed by atoms with Crippen LogP contribution in [0.1, 0.15) is 31.7 Å². The molecule has 4 nitrogen and oxygen atoms in total. The average Bonchev–Trinajstić information content (AvgIpc) is 2.47. The topological polar surface area (TPSA) is 52.6 Å². The fraction of sp³-hybridized carbons (Fsp3) is 0.588. The maximum atomic E-state index is 13.2. The molecule has 0 bridgehead atoms. The van der Waals surface area contributed by atoms with E-state index in [4.69, 9.17) is 5.11 Å². The highest BCUT2D eigenvalue weighted by Crippen LogP contribution is 2.19. The van der Waals surface area contributed by atoms with Crippen LogP contribution < -0.4 is 5.32 Å². The normalized spacial score (nSPS) is 20.6. The molecule has 2 rings (SSSR count). The maximum Gasteiger partial charge on any atom is 0.224 e. The Hall–Kier alpha value is -1.46. The van der Waals surface area contributed by atoms with Gasteiger partial charge in [-0.3, -0.25) is 9.69 Å². The Morgan fingerprint density at radius 1 is 1.55 bits per heavy atom. The SMILES string of the molecule is C[C@H](CCO)NC(=O)C1CCCN(Cc2cccc(F)c2)C1. The molecular weight excluding hydrogens is 283 g/mol. The highest BCUT2D eigenvalue weighted by atomic mass is 19.1. The fourth-order valence-electron chi connectivity index (χ4n) is 2.93.